The number of benzene rings is 2. The van der Waals surface area contributed by atoms with Crippen molar-refractivity contribution in [2.75, 3.05) is 12.8 Å². The molecular weight excluding hydrogens is 245 g/mol. The fraction of sp³-hybridized carbons (Fsp3) is 0.200. The van der Waals surface area contributed by atoms with Gasteiger partial charge in [-0.25, -0.2) is 4.39 Å². The fourth-order valence-corrected chi connectivity index (χ4v) is 1.75. The van der Waals surface area contributed by atoms with Crippen molar-refractivity contribution in [3.63, 3.8) is 0 Å². The molecule has 0 saturated heterocycles. The first-order chi connectivity index (χ1) is 9.11. The average molecular weight is 261 g/mol. The molecular formula is C15H16FNO2. The molecule has 0 heterocycles. The van der Waals surface area contributed by atoms with Crippen LogP contribution in [-0.2, 0) is 6.61 Å². The van der Waals surface area contributed by atoms with Crippen LogP contribution in [-0.4, -0.2) is 7.11 Å². The molecule has 100 valence electrons. The summed E-state index contributed by atoms with van der Waals surface area (Å²) in [5, 5.41) is 0. The minimum Gasteiger partial charge on any atom is -0.494 e. The van der Waals surface area contributed by atoms with E-state index in [0.717, 1.165) is 5.56 Å². The Kier molecular flexibility index (Phi) is 3.90. The van der Waals surface area contributed by atoms with Gasteiger partial charge in [0, 0.05) is 5.56 Å². The second-order valence-electron chi connectivity index (χ2n) is 4.26. The number of anilines is 1. The first-order valence-corrected chi connectivity index (χ1v) is 5.92. The van der Waals surface area contributed by atoms with E-state index in [1.54, 1.807) is 24.3 Å². The van der Waals surface area contributed by atoms with Gasteiger partial charge in [-0.1, -0.05) is 18.2 Å². The van der Waals surface area contributed by atoms with Gasteiger partial charge in [-0.3, -0.25) is 0 Å². The van der Waals surface area contributed by atoms with Crippen LogP contribution in [0.3, 0.4) is 0 Å². The van der Waals surface area contributed by atoms with Crippen LogP contribution >= 0.6 is 0 Å². The van der Waals surface area contributed by atoms with Gasteiger partial charge in [0.25, 0.3) is 0 Å². The minimum absolute atomic E-state index is 0.108. The molecule has 19 heavy (non-hydrogen) atoms. The number of aryl methyl sites for hydroxylation is 1. The molecule has 0 spiro atoms. The van der Waals surface area contributed by atoms with Crippen LogP contribution in [0.1, 0.15) is 11.1 Å². The van der Waals surface area contributed by atoms with Crippen LogP contribution in [0.15, 0.2) is 36.4 Å². The van der Waals surface area contributed by atoms with E-state index in [2.05, 4.69) is 0 Å². The zero-order valence-corrected chi connectivity index (χ0v) is 10.9. The lowest BCUT2D eigenvalue weighted by Gasteiger charge is -2.11. The lowest BCUT2D eigenvalue weighted by atomic mass is 10.2. The van der Waals surface area contributed by atoms with E-state index < -0.39 is 5.82 Å². The summed E-state index contributed by atoms with van der Waals surface area (Å²) >= 11 is 0. The maximum Gasteiger partial charge on any atom is 0.171 e. The molecule has 4 heteroatoms. The highest BCUT2D eigenvalue weighted by atomic mass is 19.1. The lowest BCUT2D eigenvalue weighted by Crippen LogP contribution is -2.02. The number of hydrogen-bond acceptors (Lipinski definition) is 3. The summed E-state index contributed by atoms with van der Waals surface area (Å²) in [6.07, 6.45) is 0. The molecule has 0 fully saturated rings. The van der Waals surface area contributed by atoms with Crippen molar-refractivity contribution < 1.29 is 13.9 Å². The van der Waals surface area contributed by atoms with Crippen molar-refractivity contribution in [1.29, 1.82) is 0 Å². The van der Waals surface area contributed by atoms with Gasteiger partial charge in [0.05, 0.1) is 12.8 Å². The molecule has 0 aliphatic rings. The van der Waals surface area contributed by atoms with Gasteiger partial charge in [0.1, 0.15) is 12.4 Å². The third kappa shape index (κ3) is 2.96. The van der Waals surface area contributed by atoms with Crippen LogP contribution in [0.2, 0.25) is 0 Å². The molecule has 2 N–H and O–H groups in total. The van der Waals surface area contributed by atoms with Crippen LogP contribution < -0.4 is 15.2 Å². The molecule has 0 aliphatic heterocycles. The number of halogens is 1. The summed E-state index contributed by atoms with van der Waals surface area (Å²) in [5.41, 5.74) is 7.81. The summed E-state index contributed by atoms with van der Waals surface area (Å²) in [6, 6.07) is 10.4. The molecule has 0 saturated carbocycles. The zero-order chi connectivity index (χ0) is 13.8. The van der Waals surface area contributed by atoms with E-state index in [4.69, 9.17) is 15.2 Å². The Morgan fingerprint density at radius 3 is 2.68 bits per heavy atom. The zero-order valence-electron chi connectivity index (χ0n) is 10.9. The van der Waals surface area contributed by atoms with Crippen LogP contribution in [0.4, 0.5) is 10.1 Å². The van der Waals surface area contributed by atoms with Crippen molar-refractivity contribution in [3.05, 3.63) is 53.3 Å². The molecule has 3 nitrogen and oxygen atoms in total. The SMILES string of the molecule is COc1cccc(COc2cc(C)ccc2N)c1F. The Balaban J connectivity index is 2.17. The maximum absolute atomic E-state index is 13.9. The summed E-state index contributed by atoms with van der Waals surface area (Å²) in [7, 11) is 1.43. The van der Waals surface area contributed by atoms with E-state index in [1.807, 2.05) is 19.1 Å². The van der Waals surface area contributed by atoms with Gasteiger partial charge in [-0.2, -0.15) is 0 Å². The number of nitrogen functional groups attached to an aromatic ring is 1. The van der Waals surface area contributed by atoms with Gasteiger partial charge in [-0.05, 0) is 30.7 Å². The largest absolute Gasteiger partial charge is 0.494 e. The van der Waals surface area contributed by atoms with Crippen molar-refractivity contribution in [1.82, 2.24) is 0 Å². The monoisotopic (exact) mass is 261 g/mol. The maximum atomic E-state index is 13.9. The Morgan fingerprint density at radius 2 is 1.95 bits per heavy atom. The summed E-state index contributed by atoms with van der Waals surface area (Å²) in [4.78, 5) is 0. The van der Waals surface area contributed by atoms with Gasteiger partial charge in [-0.15, -0.1) is 0 Å². The van der Waals surface area contributed by atoms with E-state index in [-0.39, 0.29) is 12.4 Å². The molecule has 0 radical (unpaired) electrons. The standard InChI is InChI=1S/C15H16FNO2/c1-10-6-7-12(17)14(8-10)19-9-11-4-3-5-13(18-2)15(11)16/h3-8H,9,17H2,1-2H3. The molecule has 2 rings (SSSR count). The first-order valence-electron chi connectivity index (χ1n) is 5.92. The Morgan fingerprint density at radius 1 is 1.16 bits per heavy atom. The third-order valence-corrected chi connectivity index (χ3v) is 2.82. The van der Waals surface area contributed by atoms with E-state index >= 15 is 0 Å². The molecule has 0 atom stereocenters. The second kappa shape index (κ2) is 5.61. The number of nitrogens with two attached hydrogens (primary N) is 1. The molecule has 0 aliphatic carbocycles. The fourth-order valence-electron chi connectivity index (χ4n) is 1.75. The highest BCUT2D eigenvalue weighted by Gasteiger charge is 2.09. The first kappa shape index (κ1) is 13.2. The summed E-state index contributed by atoms with van der Waals surface area (Å²) in [5.74, 6) is 0.358. The van der Waals surface area contributed by atoms with Crippen LogP contribution in [0.25, 0.3) is 0 Å². The Labute approximate surface area is 111 Å². The topological polar surface area (TPSA) is 44.5 Å². The van der Waals surface area contributed by atoms with Crippen molar-refractivity contribution in [2.45, 2.75) is 13.5 Å². The summed E-state index contributed by atoms with van der Waals surface area (Å²) in [6.45, 7) is 2.05. The van der Waals surface area contributed by atoms with E-state index in [0.29, 0.717) is 17.0 Å². The molecule has 0 amide bonds. The minimum atomic E-state index is -0.406. The Bertz CT molecular complexity index is 584. The van der Waals surface area contributed by atoms with Gasteiger partial charge in [0.15, 0.2) is 11.6 Å². The molecule has 0 bridgehead atoms. The highest BCUT2D eigenvalue weighted by Crippen LogP contribution is 2.25. The number of hydrogen-bond donors (Lipinski definition) is 1. The van der Waals surface area contributed by atoms with E-state index in [9.17, 15) is 4.39 Å². The third-order valence-electron chi connectivity index (χ3n) is 2.82. The average Bonchev–Trinajstić information content (AvgIpc) is 2.41. The van der Waals surface area contributed by atoms with Crippen LogP contribution in [0, 0.1) is 12.7 Å². The quantitative estimate of drug-likeness (QED) is 0.859. The lowest BCUT2D eigenvalue weighted by molar-refractivity contribution is 0.297. The van der Waals surface area contributed by atoms with Crippen LogP contribution in [0.5, 0.6) is 11.5 Å². The van der Waals surface area contributed by atoms with Crippen molar-refractivity contribution in [2.24, 2.45) is 0 Å². The molecule has 2 aromatic carbocycles. The molecule has 2 aromatic rings. The van der Waals surface area contributed by atoms with Gasteiger partial charge >= 0.3 is 0 Å². The Hall–Kier alpha value is -2.23. The predicted octanol–water partition coefficient (Wildman–Crippen LogP) is 3.30. The smallest absolute Gasteiger partial charge is 0.171 e. The van der Waals surface area contributed by atoms with Gasteiger partial charge < -0.3 is 15.2 Å². The number of ether oxygens (including phenoxy) is 2. The highest BCUT2D eigenvalue weighted by molar-refractivity contribution is 5.53. The molecule has 0 unspecified atom stereocenters. The second-order valence-corrected chi connectivity index (χ2v) is 4.26. The molecule has 0 aromatic heterocycles. The van der Waals surface area contributed by atoms with Crippen molar-refractivity contribution >= 4 is 5.69 Å². The summed E-state index contributed by atoms with van der Waals surface area (Å²) < 4.78 is 24.4. The normalized spacial score (nSPS) is 10.3. The predicted molar refractivity (Wildman–Crippen MR) is 72.9 cm³/mol. The van der Waals surface area contributed by atoms with Crippen molar-refractivity contribution in [3.8, 4) is 11.5 Å². The van der Waals surface area contributed by atoms with Gasteiger partial charge in [0.2, 0.25) is 0 Å². The van der Waals surface area contributed by atoms with E-state index in [1.165, 1.54) is 7.11 Å². The number of rotatable bonds is 4. The number of methoxy groups -OCH3 is 1.